The van der Waals surface area contributed by atoms with Gasteiger partial charge in [0.25, 0.3) is 5.56 Å². The number of para-hydroxylation sites is 1. The lowest BCUT2D eigenvalue weighted by molar-refractivity contribution is 0.771. The minimum Gasteiger partial charge on any atom is -0.318 e. The van der Waals surface area contributed by atoms with Crippen LogP contribution >= 0.6 is 0 Å². The van der Waals surface area contributed by atoms with Crippen molar-refractivity contribution < 1.29 is 0 Å². The number of fused-ring (bicyclic) bond motifs is 1. The van der Waals surface area contributed by atoms with Crippen molar-refractivity contribution in [3.63, 3.8) is 0 Å². The molecule has 0 radical (unpaired) electrons. The molecule has 29 heavy (non-hydrogen) atoms. The Kier molecular flexibility index (Phi) is 4.54. The van der Waals surface area contributed by atoms with E-state index in [9.17, 15) is 9.59 Å². The van der Waals surface area contributed by atoms with E-state index in [1.807, 2.05) is 26.0 Å². The molecule has 6 nitrogen and oxygen atoms in total. The summed E-state index contributed by atoms with van der Waals surface area (Å²) in [5, 5.41) is 4.62. The topological polar surface area (TPSA) is 72.2 Å². The van der Waals surface area contributed by atoms with Crippen molar-refractivity contribution >= 4 is 17.1 Å². The molecule has 0 amide bonds. The zero-order valence-corrected chi connectivity index (χ0v) is 16.9. The van der Waals surface area contributed by atoms with Crippen molar-refractivity contribution in [2.75, 3.05) is 0 Å². The summed E-state index contributed by atoms with van der Waals surface area (Å²) in [5.41, 5.74) is 5.93. The maximum Gasteiger partial charge on any atom is 0.349 e. The molecule has 2 aromatic carbocycles. The summed E-state index contributed by atoms with van der Waals surface area (Å²) in [6.07, 6.45) is 1.56. The highest BCUT2D eigenvalue weighted by molar-refractivity contribution is 5.82. The summed E-state index contributed by atoms with van der Waals surface area (Å²) >= 11 is 0. The fourth-order valence-electron chi connectivity index (χ4n) is 3.64. The minimum absolute atomic E-state index is 0.421. The second kappa shape index (κ2) is 7.05. The van der Waals surface area contributed by atoms with Crippen molar-refractivity contribution in [3.05, 3.63) is 97.4 Å². The summed E-state index contributed by atoms with van der Waals surface area (Å²) in [7, 11) is 0. The molecule has 6 heteroatoms. The van der Waals surface area contributed by atoms with E-state index in [1.54, 1.807) is 30.5 Å². The molecule has 4 aromatic rings. The van der Waals surface area contributed by atoms with Crippen LogP contribution in [0.3, 0.4) is 0 Å². The Bertz CT molecular complexity index is 1390. The van der Waals surface area contributed by atoms with Crippen LogP contribution in [0.25, 0.3) is 16.6 Å². The van der Waals surface area contributed by atoms with Crippen LogP contribution in [0.4, 0.5) is 0 Å². The third kappa shape index (κ3) is 3.12. The van der Waals surface area contributed by atoms with Crippen LogP contribution in [0.15, 0.2) is 63.2 Å². The first kappa shape index (κ1) is 18.7. The highest BCUT2D eigenvalue weighted by Gasteiger charge is 2.12. The van der Waals surface area contributed by atoms with Crippen molar-refractivity contribution in [1.29, 1.82) is 0 Å². The molecule has 2 aromatic heterocycles. The summed E-state index contributed by atoms with van der Waals surface area (Å²) in [6, 6.07) is 15.1. The molecule has 4 rings (SSSR count). The molecule has 0 spiro atoms. The molecule has 0 aliphatic heterocycles. The van der Waals surface area contributed by atoms with Crippen molar-refractivity contribution in [2.24, 2.45) is 5.10 Å². The van der Waals surface area contributed by atoms with Crippen LogP contribution in [0.5, 0.6) is 0 Å². The normalized spacial score (nSPS) is 11.6. The molecule has 0 atom stereocenters. The third-order valence-corrected chi connectivity index (χ3v) is 5.38. The molecule has 0 unspecified atom stereocenters. The molecule has 0 aliphatic carbocycles. The highest BCUT2D eigenvalue weighted by Crippen LogP contribution is 2.24. The number of H-pyrrole nitrogens is 1. The lowest BCUT2D eigenvalue weighted by Gasteiger charge is -2.14. The van der Waals surface area contributed by atoms with Crippen LogP contribution in [-0.4, -0.2) is 20.4 Å². The largest absolute Gasteiger partial charge is 0.349 e. The smallest absolute Gasteiger partial charge is 0.318 e. The van der Waals surface area contributed by atoms with Crippen molar-refractivity contribution in [1.82, 2.24) is 14.2 Å². The Balaban J connectivity index is 1.82. The number of rotatable bonds is 3. The monoisotopic (exact) mass is 386 g/mol. The molecule has 146 valence electrons. The number of aromatic amines is 1. The Morgan fingerprint density at radius 1 is 0.966 bits per heavy atom. The first-order valence-corrected chi connectivity index (χ1v) is 9.42. The second-order valence-electron chi connectivity index (χ2n) is 7.22. The molecule has 0 fully saturated rings. The van der Waals surface area contributed by atoms with Gasteiger partial charge in [0, 0.05) is 22.6 Å². The molecular formula is C23H22N4O2. The lowest BCUT2D eigenvalue weighted by atomic mass is 10.1. The first-order valence-electron chi connectivity index (χ1n) is 9.42. The molecule has 0 bridgehead atoms. The number of benzene rings is 2. The molecule has 0 saturated heterocycles. The van der Waals surface area contributed by atoms with E-state index in [0.29, 0.717) is 10.9 Å². The molecular weight excluding hydrogens is 364 g/mol. The SMILES string of the molecule is Cc1cccc(-n2c(C)cc(C=Nn3c(=O)[nH]c4ccccc4c3=O)c2C)c1C. The number of aryl methyl sites for hydroxylation is 2. The van der Waals surface area contributed by atoms with E-state index < -0.39 is 11.2 Å². The molecule has 1 N–H and O–H groups in total. The zero-order chi connectivity index (χ0) is 20.7. The average molecular weight is 386 g/mol. The maximum atomic E-state index is 12.7. The maximum absolute atomic E-state index is 12.7. The Morgan fingerprint density at radius 3 is 2.52 bits per heavy atom. The van der Waals surface area contributed by atoms with Gasteiger partial charge in [-0.25, -0.2) is 4.79 Å². The number of nitrogens with one attached hydrogen (secondary N) is 1. The third-order valence-electron chi connectivity index (χ3n) is 5.38. The average Bonchev–Trinajstić information content (AvgIpc) is 2.97. The standard InChI is InChI=1S/C23H22N4O2/c1-14-8-7-11-21(16(14)3)26-15(2)12-18(17(26)4)13-24-27-22(28)19-9-5-6-10-20(19)25-23(27)29/h5-13H,1-4H3,(H,25,29). The number of aromatic nitrogens is 3. The van der Waals surface area contributed by atoms with Gasteiger partial charge in [-0.1, -0.05) is 24.3 Å². The summed E-state index contributed by atoms with van der Waals surface area (Å²) < 4.78 is 3.03. The fourth-order valence-corrected chi connectivity index (χ4v) is 3.64. The van der Waals surface area contributed by atoms with Crippen LogP contribution in [-0.2, 0) is 0 Å². The summed E-state index contributed by atoms with van der Waals surface area (Å²) in [6.45, 7) is 8.23. The Labute approximate surface area is 167 Å². The predicted molar refractivity (Wildman–Crippen MR) is 117 cm³/mol. The summed E-state index contributed by atoms with van der Waals surface area (Å²) in [5.74, 6) is 0. The van der Waals surface area contributed by atoms with Gasteiger partial charge >= 0.3 is 5.69 Å². The molecule has 0 aliphatic rings. The number of hydrogen-bond donors (Lipinski definition) is 1. The Hall–Kier alpha value is -3.67. The van der Waals surface area contributed by atoms with Gasteiger partial charge < -0.3 is 9.55 Å². The number of nitrogens with zero attached hydrogens (tertiary/aromatic N) is 3. The fraction of sp³-hybridized carbons (Fsp3) is 0.174. The molecule has 0 saturated carbocycles. The van der Waals surface area contributed by atoms with Crippen LogP contribution < -0.4 is 11.2 Å². The van der Waals surface area contributed by atoms with Crippen LogP contribution in [0, 0.1) is 27.7 Å². The highest BCUT2D eigenvalue weighted by atomic mass is 16.2. The van der Waals surface area contributed by atoms with Gasteiger partial charge in [0.15, 0.2) is 0 Å². The quantitative estimate of drug-likeness (QED) is 0.547. The van der Waals surface area contributed by atoms with E-state index in [0.717, 1.165) is 27.3 Å². The van der Waals surface area contributed by atoms with Gasteiger partial charge in [0.05, 0.1) is 17.1 Å². The first-order chi connectivity index (χ1) is 13.9. The number of hydrogen-bond acceptors (Lipinski definition) is 3. The van der Waals surface area contributed by atoms with Gasteiger partial charge in [-0.15, -0.1) is 4.68 Å². The zero-order valence-electron chi connectivity index (χ0n) is 16.9. The van der Waals surface area contributed by atoms with Crippen molar-refractivity contribution in [2.45, 2.75) is 27.7 Å². The lowest BCUT2D eigenvalue weighted by Crippen LogP contribution is -2.32. The van der Waals surface area contributed by atoms with Gasteiger partial charge in [-0.05, 0) is 63.1 Å². The minimum atomic E-state index is -0.562. The van der Waals surface area contributed by atoms with Crippen LogP contribution in [0.2, 0.25) is 0 Å². The van der Waals surface area contributed by atoms with Gasteiger partial charge in [-0.2, -0.15) is 5.10 Å². The van der Waals surface area contributed by atoms with E-state index in [4.69, 9.17) is 0 Å². The van der Waals surface area contributed by atoms with Gasteiger partial charge in [-0.3, -0.25) is 4.79 Å². The summed E-state index contributed by atoms with van der Waals surface area (Å²) in [4.78, 5) is 27.7. The van der Waals surface area contributed by atoms with Gasteiger partial charge in [0.2, 0.25) is 0 Å². The predicted octanol–water partition coefficient (Wildman–Crippen LogP) is 3.60. The van der Waals surface area contributed by atoms with E-state index >= 15 is 0 Å². The molecule has 2 heterocycles. The Morgan fingerprint density at radius 2 is 1.72 bits per heavy atom. The van der Waals surface area contributed by atoms with E-state index in [2.05, 4.69) is 40.6 Å². The second-order valence-corrected chi connectivity index (χ2v) is 7.22. The van der Waals surface area contributed by atoms with E-state index in [-0.39, 0.29) is 0 Å². The van der Waals surface area contributed by atoms with Crippen molar-refractivity contribution in [3.8, 4) is 5.69 Å². The van der Waals surface area contributed by atoms with Gasteiger partial charge in [0.1, 0.15) is 0 Å². The van der Waals surface area contributed by atoms with E-state index in [1.165, 1.54) is 11.1 Å². The van der Waals surface area contributed by atoms with Crippen LogP contribution in [0.1, 0.15) is 28.1 Å².